The number of benzene rings is 1. The quantitative estimate of drug-likeness (QED) is 0.148. The predicted molar refractivity (Wildman–Crippen MR) is 166 cm³/mol. The smallest absolute Gasteiger partial charge is 0.410 e. The Morgan fingerprint density at radius 3 is 2.43 bits per heavy atom. The molecular formula is C30H53N2O8PS. The number of nitrogens with zero attached hydrogens (tertiary/aromatic N) is 1. The number of sulfonamides is 1. The molecule has 1 saturated heterocycles. The molecule has 0 aromatic heterocycles. The topological polar surface area (TPSA) is 131 Å². The van der Waals surface area contributed by atoms with Gasteiger partial charge in [-0.25, -0.2) is 17.9 Å². The molecule has 1 fully saturated rings. The van der Waals surface area contributed by atoms with Gasteiger partial charge in [0.05, 0.1) is 18.5 Å². The number of ether oxygens (including phenoxy) is 2. The lowest BCUT2D eigenvalue weighted by Crippen LogP contribution is -2.41. The molecule has 1 aromatic rings. The summed E-state index contributed by atoms with van der Waals surface area (Å²) in [4.78, 5) is 24.2. The van der Waals surface area contributed by atoms with Crippen LogP contribution in [0.5, 0.6) is 5.75 Å². The Morgan fingerprint density at radius 1 is 1.12 bits per heavy atom. The van der Waals surface area contributed by atoms with Crippen LogP contribution in [-0.4, -0.2) is 67.2 Å². The van der Waals surface area contributed by atoms with E-state index in [1.54, 1.807) is 6.92 Å². The lowest BCUT2D eigenvalue weighted by atomic mass is 9.92. The van der Waals surface area contributed by atoms with Crippen molar-refractivity contribution in [2.45, 2.75) is 117 Å². The van der Waals surface area contributed by atoms with Crippen LogP contribution in [0.4, 0.5) is 4.79 Å². The second-order valence-corrected chi connectivity index (χ2v) is 16.3. The Labute approximate surface area is 253 Å². The van der Waals surface area contributed by atoms with Crippen LogP contribution in [0.1, 0.15) is 98.5 Å². The predicted octanol–water partition coefficient (Wildman–Crippen LogP) is 6.47. The lowest BCUT2D eigenvalue weighted by Gasteiger charge is -2.33. The normalized spacial score (nSPS) is 17.8. The minimum Gasteiger partial charge on any atom is -0.493 e. The van der Waals surface area contributed by atoms with Gasteiger partial charge in [0, 0.05) is 13.1 Å². The van der Waals surface area contributed by atoms with Crippen molar-refractivity contribution >= 4 is 23.7 Å². The van der Waals surface area contributed by atoms with Gasteiger partial charge in [-0.15, -0.1) is 0 Å². The molecule has 42 heavy (non-hydrogen) atoms. The number of likely N-dealkylation sites (tertiary alicyclic amines) is 1. The second-order valence-electron chi connectivity index (χ2n) is 12.3. The van der Waals surface area contributed by atoms with Crippen LogP contribution >= 0.6 is 7.60 Å². The minimum absolute atomic E-state index is 0.138. The average molecular weight is 633 g/mol. The van der Waals surface area contributed by atoms with Gasteiger partial charge in [-0.2, -0.15) is 0 Å². The van der Waals surface area contributed by atoms with E-state index in [0.717, 1.165) is 56.5 Å². The number of rotatable bonds is 17. The summed E-state index contributed by atoms with van der Waals surface area (Å²) in [5.41, 5.74) is 0.564. The number of aryl methyl sites for hydroxylation is 1. The molecule has 10 nitrogen and oxygen atoms in total. The van der Waals surface area contributed by atoms with E-state index in [-0.39, 0.29) is 11.8 Å². The SMILES string of the molecule is CCC(C)OP(=O)(O)C(C)NS(=O)(=O)CCCCc1ccccc1OCCCCC1CCN(C(=O)OC(C)(C)C)CC1. The van der Waals surface area contributed by atoms with E-state index in [4.69, 9.17) is 14.0 Å². The fourth-order valence-electron chi connectivity index (χ4n) is 4.72. The van der Waals surface area contributed by atoms with Gasteiger partial charge in [-0.05, 0) is 104 Å². The van der Waals surface area contributed by atoms with Crippen molar-refractivity contribution in [2.75, 3.05) is 25.4 Å². The summed E-state index contributed by atoms with van der Waals surface area (Å²) in [5.74, 6) is 0.0822. The third kappa shape index (κ3) is 13.8. The molecule has 1 aromatic carbocycles. The van der Waals surface area contributed by atoms with Gasteiger partial charge in [0.15, 0.2) is 0 Å². The molecule has 3 atom stereocenters. The van der Waals surface area contributed by atoms with E-state index in [2.05, 4.69) is 4.72 Å². The van der Waals surface area contributed by atoms with Gasteiger partial charge in [-0.3, -0.25) is 4.57 Å². The Hall–Kier alpha value is -1.65. The number of hydrogen-bond acceptors (Lipinski definition) is 7. The van der Waals surface area contributed by atoms with Crippen LogP contribution in [0.3, 0.4) is 0 Å². The third-order valence-electron chi connectivity index (χ3n) is 7.36. The van der Waals surface area contributed by atoms with Crippen molar-refractivity contribution in [3.05, 3.63) is 29.8 Å². The first-order valence-electron chi connectivity index (χ1n) is 15.3. The van der Waals surface area contributed by atoms with Gasteiger partial charge in [-0.1, -0.05) is 31.5 Å². The highest BCUT2D eigenvalue weighted by Gasteiger charge is 2.33. The molecule has 2 rings (SSSR count). The molecule has 1 aliphatic rings. The maximum absolute atomic E-state index is 12.5. The molecule has 2 N–H and O–H groups in total. The van der Waals surface area contributed by atoms with Gasteiger partial charge < -0.3 is 23.8 Å². The van der Waals surface area contributed by atoms with Crippen LogP contribution in [-0.2, 0) is 30.3 Å². The average Bonchev–Trinajstić information content (AvgIpc) is 2.90. The maximum Gasteiger partial charge on any atom is 0.410 e. The second kappa shape index (κ2) is 17.0. The molecule has 242 valence electrons. The first-order valence-corrected chi connectivity index (χ1v) is 18.6. The number of hydrogen-bond donors (Lipinski definition) is 2. The molecule has 0 bridgehead atoms. The van der Waals surface area contributed by atoms with E-state index >= 15 is 0 Å². The zero-order valence-corrected chi connectivity index (χ0v) is 28.1. The van der Waals surface area contributed by atoms with Crippen LogP contribution in [0.2, 0.25) is 0 Å². The summed E-state index contributed by atoms with van der Waals surface area (Å²) in [5, 5.41) is 0. The molecule has 3 unspecified atom stereocenters. The fourth-order valence-corrected chi connectivity index (χ4v) is 7.80. The first-order chi connectivity index (χ1) is 19.6. The Balaban J connectivity index is 1.67. The summed E-state index contributed by atoms with van der Waals surface area (Å²) < 4.78 is 56.4. The number of nitrogens with one attached hydrogen (secondary N) is 1. The van der Waals surface area contributed by atoms with Crippen molar-refractivity contribution in [2.24, 2.45) is 5.92 Å². The molecule has 0 saturated carbocycles. The summed E-state index contributed by atoms with van der Waals surface area (Å²) >= 11 is 0. The minimum atomic E-state index is -4.11. The fraction of sp³-hybridized carbons (Fsp3) is 0.767. The summed E-state index contributed by atoms with van der Waals surface area (Å²) in [6, 6.07) is 7.82. The van der Waals surface area contributed by atoms with Gasteiger partial charge in [0.1, 0.15) is 17.1 Å². The van der Waals surface area contributed by atoms with Gasteiger partial charge in [0.25, 0.3) is 0 Å². The van der Waals surface area contributed by atoms with Crippen molar-refractivity contribution < 1.29 is 36.7 Å². The number of para-hydroxylation sites is 1. The van der Waals surface area contributed by atoms with Crippen LogP contribution in [0.15, 0.2) is 24.3 Å². The van der Waals surface area contributed by atoms with Gasteiger partial charge in [0.2, 0.25) is 10.0 Å². The molecule has 1 amide bonds. The first kappa shape index (κ1) is 36.5. The Morgan fingerprint density at radius 2 is 1.79 bits per heavy atom. The molecule has 1 heterocycles. The van der Waals surface area contributed by atoms with Crippen molar-refractivity contribution in [3.63, 3.8) is 0 Å². The third-order valence-corrected chi connectivity index (χ3v) is 10.8. The highest BCUT2D eigenvalue weighted by molar-refractivity contribution is 7.89. The molecule has 0 spiro atoms. The maximum atomic E-state index is 12.5. The number of carbonyl (C=O) groups excluding carboxylic acids is 1. The molecule has 0 radical (unpaired) electrons. The van der Waals surface area contributed by atoms with Crippen LogP contribution in [0.25, 0.3) is 0 Å². The van der Waals surface area contributed by atoms with E-state index in [1.807, 2.05) is 56.9 Å². The van der Waals surface area contributed by atoms with E-state index in [9.17, 15) is 22.7 Å². The lowest BCUT2D eigenvalue weighted by molar-refractivity contribution is 0.0180. The number of carbonyl (C=O) groups is 1. The molecule has 1 aliphatic heterocycles. The van der Waals surface area contributed by atoms with Crippen molar-refractivity contribution in [1.82, 2.24) is 9.62 Å². The summed E-state index contributed by atoms with van der Waals surface area (Å²) in [6.07, 6.45) is 6.72. The number of unbranched alkanes of at least 4 members (excludes halogenated alkanes) is 2. The molecule has 12 heteroatoms. The largest absolute Gasteiger partial charge is 0.493 e. The zero-order chi connectivity index (χ0) is 31.4. The Kier molecular flexibility index (Phi) is 14.8. The van der Waals surface area contributed by atoms with Crippen LogP contribution in [0, 0.1) is 5.92 Å². The number of piperidine rings is 1. The number of amides is 1. The monoisotopic (exact) mass is 632 g/mol. The van der Waals surface area contributed by atoms with Crippen molar-refractivity contribution in [3.8, 4) is 5.75 Å². The van der Waals surface area contributed by atoms with Crippen molar-refractivity contribution in [1.29, 1.82) is 0 Å². The molecular weight excluding hydrogens is 579 g/mol. The van der Waals surface area contributed by atoms with E-state index < -0.39 is 35.1 Å². The Bertz CT molecular complexity index is 1120. The highest BCUT2D eigenvalue weighted by Crippen LogP contribution is 2.47. The summed E-state index contributed by atoms with van der Waals surface area (Å²) in [7, 11) is -7.84. The van der Waals surface area contributed by atoms with Gasteiger partial charge >= 0.3 is 13.7 Å². The van der Waals surface area contributed by atoms with E-state index in [0.29, 0.717) is 38.2 Å². The summed E-state index contributed by atoms with van der Waals surface area (Å²) in [6.45, 7) is 12.6. The van der Waals surface area contributed by atoms with Crippen LogP contribution < -0.4 is 9.46 Å². The molecule has 0 aliphatic carbocycles. The van der Waals surface area contributed by atoms with E-state index in [1.165, 1.54) is 6.92 Å². The highest BCUT2D eigenvalue weighted by atomic mass is 32.2. The standard InChI is InChI=1S/C30H53N2O8PS/c1-7-24(2)40-41(34,35)25(3)31-42(36,37)23-13-11-16-27-15-8-9-17-28(27)38-22-12-10-14-26-18-20-32(21-19-26)29(33)39-30(4,5)6/h8-9,15,17,24-26,31H,7,10-14,16,18-23H2,1-6H3,(H,34,35). The zero-order valence-electron chi connectivity index (χ0n) is 26.3.